The van der Waals surface area contributed by atoms with E-state index in [1.54, 1.807) is 0 Å². The largest absolute Gasteiger partial charge is 0.492 e. The van der Waals surface area contributed by atoms with E-state index in [2.05, 4.69) is 52.1 Å². The molecular weight excluding hydrogens is 210 g/mol. The van der Waals surface area contributed by atoms with Gasteiger partial charge in [0.05, 0.1) is 0 Å². The standard InChI is InChI=1S/C15H25NO/c1-6-13(4)16-9-10-17-15-12(3)8-7-11(2)14(15)5/h7-8,13,16H,6,9-10H2,1-5H3. The molecule has 0 fully saturated rings. The van der Waals surface area contributed by atoms with Crippen LogP contribution in [0, 0.1) is 20.8 Å². The van der Waals surface area contributed by atoms with Gasteiger partial charge in [-0.2, -0.15) is 0 Å². The zero-order valence-corrected chi connectivity index (χ0v) is 11.8. The summed E-state index contributed by atoms with van der Waals surface area (Å²) in [6.07, 6.45) is 1.16. The van der Waals surface area contributed by atoms with E-state index in [1.807, 2.05) is 0 Å². The minimum atomic E-state index is 0.568. The minimum absolute atomic E-state index is 0.568. The molecule has 1 unspecified atom stereocenters. The smallest absolute Gasteiger partial charge is 0.125 e. The third-order valence-corrected chi connectivity index (χ3v) is 3.33. The van der Waals surface area contributed by atoms with Crippen molar-refractivity contribution >= 4 is 0 Å². The maximum atomic E-state index is 5.88. The number of rotatable bonds is 6. The molecular formula is C15H25NO. The molecule has 0 heterocycles. The maximum absolute atomic E-state index is 5.88. The molecule has 0 aliphatic heterocycles. The van der Waals surface area contributed by atoms with Crippen LogP contribution in [-0.2, 0) is 0 Å². The highest BCUT2D eigenvalue weighted by atomic mass is 16.5. The highest BCUT2D eigenvalue weighted by Gasteiger charge is 2.06. The highest BCUT2D eigenvalue weighted by molar-refractivity contribution is 5.44. The van der Waals surface area contributed by atoms with Crippen LogP contribution in [0.5, 0.6) is 5.75 Å². The molecule has 1 rings (SSSR count). The van der Waals surface area contributed by atoms with Gasteiger partial charge >= 0.3 is 0 Å². The average molecular weight is 235 g/mol. The van der Waals surface area contributed by atoms with E-state index in [0.29, 0.717) is 6.04 Å². The van der Waals surface area contributed by atoms with Crippen LogP contribution in [0.3, 0.4) is 0 Å². The fourth-order valence-electron chi connectivity index (χ4n) is 1.75. The first-order chi connectivity index (χ1) is 8.06. The lowest BCUT2D eigenvalue weighted by molar-refractivity contribution is 0.302. The Morgan fingerprint density at radius 1 is 1.18 bits per heavy atom. The molecule has 0 radical (unpaired) electrons. The van der Waals surface area contributed by atoms with E-state index in [0.717, 1.165) is 25.3 Å². The summed E-state index contributed by atoms with van der Waals surface area (Å²) >= 11 is 0. The second kappa shape index (κ2) is 6.65. The lowest BCUT2D eigenvalue weighted by Gasteiger charge is -2.15. The number of benzene rings is 1. The van der Waals surface area contributed by atoms with Crippen molar-refractivity contribution in [3.05, 3.63) is 28.8 Å². The van der Waals surface area contributed by atoms with E-state index in [9.17, 15) is 0 Å². The van der Waals surface area contributed by atoms with Crippen molar-refractivity contribution in [2.45, 2.75) is 47.1 Å². The summed E-state index contributed by atoms with van der Waals surface area (Å²) in [4.78, 5) is 0. The lowest BCUT2D eigenvalue weighted by atomic mass is 10.1. The number of aryl methyl sites for hydroxylation is 2. The SMILES string of the molecule is CCC(C)NCCOc1c(C)ccc(C)c1C. The third-order valence-electron chi connectivity index (χ3n) is 3.33. The summed E-state index contributed by atoms with van der Waals surface area (Å²) in [6.45, 7) is 12.4. The van der Waals surface area contributed by atoms with Crippen molar-refractivity contribution in [3.8, 4) is 5.75 Å². The Balaban J connectivity index is 2.49. The molecule has 96 valence electrons. The summed E-state index contributed by atoms with van der Waals surface area (Å²) in [6, 6.07) is 4.84. The normalized spacial score (nSPS) is 12.5. The van der Waals surface area contributed by atoms with Gasteiger partial charge in [0.15, 0.2) is 0 Å². The van der Waals surface area contributed by atoms with Gasteiger partial charge in [0.2, 0.25) is 0 Å². The Morgan fingerprint density at radius 2 is 1.82 bits per heavy atom. The fourth-order valence-corrected chi connectivity index (χ4v) is 1.75. The van der Waals surface area contributed by atoms with E-state index in [1.165, 1.54) is 16.7 Å². The molecule has 0 amide bonds. The van der Waals surface area contributed by atoms with Crippen molar-refractivity contribution in [1.29, 1.82) is 0 Å². The Hall–Kier alpha value is -1.02. The van der Waals surface area contributed by atoms with Gasteiger partial charge in [-0.1, -0.05) is 19.1 Å². The topological polar surface area (TPSA) is 21.3 Å². The monoisotopic (exact) mass is 235 g/mol. The molecule has 1 N–H and O–H groups in total. The van der Waals surface area contributed by atoms with E-state index in [-0.39, 0.29) is 0 Å². The van der Waals surface area contributed by atoms with Crippen molar-refractivity contribution in [2.75, 3.05) is 13.2 Å². The van der Waals surface area contributed by atoms with Gasteiger partial charge < -0.3 is 10.1 Å². The van der Waals surface area contributed by atoms with Crippen LogP contribution >= 0.6 is 0 Å². The van der Waals surface area contributed by atoms with Gasteiger partial charge in [0, 0.05) is 12.6 Å². The first kappa shape index (κ1) is 14.0. The van der Waals surface area contributed by atoms with Crippen molar-refractivity contribution in [3.63, 3.8) is 0 Å². The van der Waals surface area contributed by atoms with Crippen molar-refractivity contribution < 1.29 is 4.74 Å². The molecule has 17 heavy (non-hydrogen) atoms. The Kier molecular flexibility index (Phi) is 5.49. The summed E-state index contributed by atoms with van der Waals surface area (Å²) < 4.78 is 5.88. The third kappa shape index (κ3) is 4.04. The van der Waals surface area contributed by atoms with Gasteiger partial charge in [-0.15, -0.1) is 0 Å². The molecule has 0 saturated carbocycles. The zero-order valence-electron chi connectivity index (χ0n) is 11.8. The summed E-state index contributed by atoms with van der Waals surface area (Å²) in [5, 5.41) is 3.43. The van der Waals surface area contributed by atoms with Crippen molar-refractivity contribution in [1.82, 2.24) is 5.32 Å². The number of ether oxygens (including phenoxy) is 1. The van der Waals surface area contributed by atoms with Gasteiger partial charge in [-0.05, 0) is 50.8 Å². The first-order valence-corrected chi connectivity index (χ1v) is 6.49. The molecule has 0 bridgehead atoms. The predicted molar refractivity (Wildman–Crippen MR) is 73.9 cm³/mol. The van der Waals surface area contributed by atoms with Crippen molar-refractivity contribution in [2.24, 2.45) is 0 Å². The van der Waals surface area contributed by atoms with Crippen LogP contribution in [0.25, 0.3) is 0 Å². The Morgan fingerprint density at radius 3 is 2.47 bits per heavy atom. The highest BCUT2D eigenvalue weighted by Crippen LogP contribution is 2.25. The number of nitrogens with one attached hydrogen (secondary N) is 1. The zero-order chi connectivity index (χ0) is 12.8. The summed E-state index contributed by atoms with van der Waals surface area (Å²) in [7, 11) is 0. The number of hydrogen-bond acceptors (Lipinski definition) is 2. The van der Waals surface area contributed by atoms with Gasteiger partial charge in [-0.25, -0.2) is 0 Å². The van der Waals surface area contributed by atoms with Gasteiger partial charge in [-0.3, -0.25) is 0 Å². The van der Waals surface area contributed by atoms with E-state index < -0.39 is 0 Å². The number of hydrogen-bond donors (Lipinski definition) is 1. The quantitative estimate of drug-likeness (QED) is 0.763. The molecule has 2 nitrogen and oxygen atoms in total. The van der Waals surface area contributed by atoms with Crippen LogP contribution in [0.2, 0.25) is 0 Å². The molecule has 1 aromatic carbocycles. The van der Waals surface area contributed by atoms with Crippen LogP contribution in [0.1, 0.15) is 37.0 Å². The average Bonchev–Trinajstić information content (AvgIpc) is 2.32. The maximum Gasteiger partial charge on any atom is 0.125 e. The first-order valence-electron chi connectivity index (χ1n) is 6.49. The van der Waals surface area contributed by atoms with Gasteiger partial charge in [0.25, 0.3) is 0 Å². The molecule has 0 aromatic heterocycles. The van der Waals surface area contributed by atoms with Gasteiger partial charge in [0.1, 0.15) is 12.4 Å². The fraction of sp³-hybridized carbons (Fsp3) is 0.600. The predicted octanol–water partition coefficient (Wildman–Crippen LogP) is 3.38. The summed E-state index contributed by atoms with van der Waals surface area (Å²) in [5.74, 6) is 1.05. The van der Waals surface area contributed by atoms with E-state index >= 15 is 0 Å². The molecule has 0 saturated heterocycles. The van der Waals surface area contributed by atoms with Crippen LogP contribution in [0.4, 0.5) is 0 Å². The molecule has 0 aliphatic carbocycles. The summed E-state index contributed by atoms with van der Waals surface area (Å²) in [5.41, 5.74) is 3.77. The lowest BCUT2D eigenvalue weighted by Crippen LogP contribution is -2.29. The Labute approximate surface area is 105 Å². The molecule has 1 aromatic rings. The Bertz CT molecular complexity index is 360. The van der Waals surface area contributed by atoms with Crippen LogP contribution in [-0.4, -0.2) is 19.2 Å². The molecule has 0 aliphatic rings. The van der Waals surface area contributed by atoms with Crippen LogP contribution < -0.4 is 10.1 Å². The van der Waals surface area contributed by atoms with E-state index in [4.69, 9.17) is 4.74 Å². The molecule has 0 spiro atoms. The molecule has 1 atom stereocenters. The minimum Gasteiger partial charge on any atom is -0.492 e. The second-order valence-electron chi connectivity index (χ2n) is 4.77. The van der Waals surface area contributed by atoms with Crippen LogP contribution in [0.15, 0.2) is 12.1 Å². The second-order valence-corrected chi connectivity index (χ2v) is 4.77. The molecule has 2 heteroatoms.